The number of carbonyl (C=O) groups is 1. The standard InChI is InChI=1S/C12H12ClN3O4S/c1-2-9-14-6-10(15-9)21(19,20)16-8-5-3-4-7(13)11(8)12(17)18/h3-6,16H,2H2,1H3,(H,14,15)(H,17,18). The molecule has 9 heteroatoms. The second kappa shape index (κ2) is 5.74. The van der Waals surface area contributed by atoms with Gasteiger partial charge in [-0.15, -0.1) is 0 Å². The average Bonchev–Trinajstić information content (AvgIpc) is 2.87. The van der Waals surface area contributed by atoms with E-state index in [9.17, 15) is 13.2 Å². The number of nitrogens with one attached hydrogen (secondary N) is 2. The van der Waals surface area contributed by atoms with Gasteiger partial charge in [0.25, 0.3) is 10.0 Å². The van der Waals surface area contributed by atoms with Gasteiger partial charge in [0.15, 0.2) is 5.03 Å². The predicted molar refractivity (Wildman–Crippen MR) is 77.2 cm³/mol. The van der Waals surface area contributed by atoms with Crippen molar-refractivity contribution in [2.45, 2.75) is 18.4 Å². The summed E-state index contributed by atoms with van der Waals surface area (Å²) < 4.78 is 26.6. The van der Waals surface area contributed by atoms with Crippen LogP contribution in [0.1, 0.15) is 23.1 Å². The number of imidazole rings is 1. The third kappa shape index (κ3) is 3.17. The lowest BCUT2D eigenvalue weighted by Gasteiger charge is -2.10. The van der Waals surface area contributed by atoms with Gasteiger partial charge in [-0.3, -0.25) is 4.72 Å². The fraction of sp³-hybridized carbons (Fsp3) is 0.167. The van der Waals surface area contributed by atoms with Crippen LogP contribution in [-0.4, -0.2) is 29.5 Å². The Morgan fingerprint density at radius 3 is 2.76 bits per heavy atom. The van der Waals surface area contributed by atoms with Crippen molar-refractivity contribution in [3.8, 4) is 0 Å². The average molecular weight is 330 g/mol. The van der Waals surface area contributed by atoms with Crippen molar-refractivity contribution < 1.29 is 18.3 Å². The summed E-state index contributed by atoms with van der Waals surface area (Å²) in [6.07, 6.45) is 1.72. The zero-order chi connectivity index (χ0) is 15.6. The smallest absolute Gasteiger partial charge is 0.339 e. The van der Waals surface area contributed by atoms with Crippen LogP contribution in [-0.2, 0) is 16.4 Å². The van der Waals surface area contributed by atoms with E-state index in [2.05, 4.69) is 14.7 Å². The molecule has 0 saturated heterocycles. The van der Waals surface area contributed by atoms with Crippen LogP contribution >= 0.6 is 11.6 Å². The lowest BCUT2D eigenvalue weighted by Crippen LogP contribution is -2.16. The number of benzene rings is 1. The highest BCUT2D eigenvalue weighted by atomic mass is 35.5. The number of aromatic amines is 1. The number of carboxylic acids is 1. The fourth-order valence-electron chi connectivity index (χ4n) is 1.69. The lowest BCUT2D eigenvalue weighted by atomic mass is 10.2. The number of rotatable bonds is 5. The van der Waals surface area contributed by atoms with E-state index >= 15 is 0 Å². The van der Waals surface area contributed by atoms with Gasteiger partial charge in [0.05, 0.1) is 16.9 Å². The highest BCUT2D eigenvalue weighted by Crippen LogP contribution is 2.26. The van der Waals surface area contributed by atoms with Crippen molar-refractivity contribution in [2.75, 3.05) is 4.72 Å². The highest BCUT2D eigenvalue weighted by Gasteiger charge is 2.22. The summed E-state index contributed by atoms with van der Waals surface area (Å²) in [5, 5.41) is 8.92. The Morgan fingerprint density at radius 1 is 1.48 bits per heavy atom. The molecule has 0 radical (unpaired) electrons. The second-order valence-electron chi connectivity index (χ2n) is 4.12. The van der Waals surface area contributed by atoms with E-state index in [-0.39, 0.29) is 21.3 Å². The quantitative estimate of drug-likeness (QED) is 0.777. The van der Waals surface area contributed by atoms with Crippen LogP contribution in [0.4, 0.5) is 5.69 Å². The molecule has 0 fully saturated rings. The van der Waals surface area contributed by atoms with Gasteiger partial charge in [-0.1, -0.05) is 24.6 Å². The van der Waals surface area contributed by atoms with Crippen LogP contribution in [0.3, 0.4) is 0 Å². The Kier molecular flexibility index (Phi) is 4.19. The Balaban J connectivity index is 2.42. The summed E-state index contributed by atoms with van der Waals surface area (Å²) in [7, 11) is -3.97. The van der Waals surface area contributed by atoms with Crippen molar-refractivity contribution in [1.29, 1.82) is 0 Å². The van der Waals surface area contributed by atoms with Gasteiger partial charge in [0, 0.05) is 6.42 Å². The fourth-order valence-corrected chi connectivity index (χ4v) is 2.95. The van der Waals surface area contributed by atoms with E-state index in [0.29, 0.717) is 12.2 Å². The van der Waals surface area contributed by atoms with Crippen LogP contribution in [0.5, 0.6) is 0 Å². The molecule has 0 aliphatic carbocycles. The third-order valence-electron chi connectivity index (χ3n) is 2.70. The summed E-state index contributed by atoms with van der Waals surface area (Å²) >= 11 is 5.79. The minimum absolute atomic E-state index is 0.0541. The van der Waals surface area contributed by atoms with Gasteiger partial charge in [0.1, 0.15) is 11.4 Å². The molecule has 1 aromatic heterocycles. The van der Waals surface area contributed by atoms with Gasteiger partial charge in [-0.25, -0.2) is 9.78 Å². The maximum absolute atomic E-state index is 12.2. The minimum Gasteiger partial charge on any atom is -0.478 e. The van der Waals surface area contributed by atoms with Crippen molar-refractivity contribution >= 4 is 33.3 Å². The first-order valence-electron chi connectivity index (χ1n) is 5.93. The molecule has 0 atom stereocenters. The Hall–Kier alpha value is -2.06. The molecule has 1 heterocycles. The number of anilines is 1. The Bertz CT molecular complexity index is 786. The molecule has 0 aliphatic heterocycles. The number of halogens is 1. The van der Waals surface area contributed by atoms with E-state index in [1.807, 2.05) is 6.92 Å². The Labute approximate surface area is 126 Å². The molecule has 0 unspecified atom stereocenters. The molecule has 0 bridgehead atoms. The Morgan fingerprint density at radius 2 is 2.19 bits per heavy atom. The largest absolute Gasteiger partial charge is 0.478 e. The van der Waals surface area contributed by atoms with Crippen LogP contribution in [0.2, 0.25) is 5.02 Å². The number of nitrogens with zero attached hydrogens (tertiary/aromatic N) is 1. The van der Waals surface area contributed by atoms with E-state index in [0.717, 1.165) is 0 Å². The van der Waals surface area contributed by atoms with Gasteiger partial charge < -0.3 is 10.1 Å². The molecule has 2 rings (SSSR count). The highest BCUT2D eigenvalue weighted by molar-refractivity contribution is 7.92. The zero-order valence-electron chi connectivity index (χ0n) is 10.9. The van der Waals surface area contributed by atoms with Crippen molar-refractivity contribution in [3.63, 3.8) is 0 Å². The van der Waals surface area contributed by atoms with Crippen LogP contribution in [0, 0.1) is 0 Å². The molecule has 0 spiro atoms. The van der Waals surface area contributed by atoms with Crippen molar-refractivity contribution in [1.82, 2.24) is 9.97 Å². The van der Waals surface area contributed by atoms with Crippen molar-refractivity contribution in [3.05, 3.63) is 40.8 Å². The first kappa shape index (κ1) is 15.3. The number of hydrogen-bond donors (Lipinski definition) is 3. The summed E-state index contributed by atoms with van der Waals surface area (Å²) in [5.74, 6) is -0.808. The summed E-state index contributed by atoms with van der Waals surface area (Å²) in [5.41, 5.74) is -0.416. The number of aromatic nitrogens is 2. The molecule has 2 aromatic rings. The number of H-pyrrole nitrogens is 1. The van der Waals surface area contributed by atoms with Crippen LogP contribution in [0.15, 0.2) is 29.4 Å². The van der Waals surface area contributed by atoms with Gasteiger partial charge in [-0.2, -0.15) is 8.42 Å². The topological polar surface area (TPSA) is 112 Å². The van der Waals surface area contributed by atoms with Crippen molar-refractivity contribution in [2.24, 2.45) is 0 Å². The third-order valence-corrected chi connectivity index (χ3v) is 4.29. The van der Waals surface area contributed by atoms with Gasteiger partial charge in [-0.05, 0) is 12.1 Å². The number of sulfonamides is 1. The van der Waals surface area contributed by atoms with Crippen LogP contribution in [0.25, 0.3) is 0 Å². The lowest BCUT2D eigenvalue weighted by molar-refractivity contribution is 0.0698. The molecule has 0 aliphatic rings. The summed E-state index contributed by atoms with van der Waals surface area (Å²) in [4.78, 5) is 17.7. The molecule has 3 N–H and O–H groups in total. The molecule has 112 valence electrons. The van der Waals surface area contributed by atoms with Gasteiger partial charge in [0.2, 0.25) is 0 Å². The SMILES string of the molecule is CCc1ncc(S(=O)(=O)Nc2cccc(Cl)c2C(=O)O)[nH]1. The molecular formula is C12H12ClN3O4S. The summed E-state index contributed by atoms with van der Waals surface area (Å²) in [6.45, 7) is 1.82. The molecule has 1 aromatic carbocycles. The monoisotopic (exact) mass is 329 g/mol. The van der Waals surface area contributed by atoms with Crippen LogP contribution < -0.4 is 4.72 Å². The maximum Gasteiger partial charge on any atom is 0.339 e. The molecule has 21 heavy (non-hydrogen) atoms. The number of hydrogen-bond acceptors (Lipinski definition) is 4. The zero-order valence-corrected chi connectivity index (χ0v) is 12.5. The normalized spacial score (nSPS) is 11.3. The number of carboxylic acid groups (broad SMARTS) is 1. The van der Waals surface area contributed by atoms with E-state index < -0.39 is 16.0 Å². The molecular weight excluding hydrogens is 318 g/mol. The maximum atomic E-state index is 12.2. The van der Waals surface area contributed by atoms with E-state index in [4.69, 9.17) is 16.7 Å². The summed E-state index contributed by atoms with van der Waals surface area (Å²) in [6, 6.07) is 4.15. The number of aryl methyl sites for hydroxylation is 1. The molecule has 7 nitrogen and oxygen atoms in total. The van der Waals surface area contributed by atoms with Gasteiger partial charge >= 0.3 is 5.97 Å². The first-order valence-corrected chi connectivity index (χ1v) is 7.79. The van der Waals surface area contributed by atoms with E-state index in [1.165, 1.54) is 24.4 Å². The number of aromatic carboxylic acids is 1. The molecule has 0 amide bonds. The minimum atomic E-state index is -3.97. The second-order valence-corrected chi connectivity index (χ2v) is 6.18. The molecule has 0 saturated carbocycles. The van der Waals surface area contributed by atoms with E-state index in [1.54, 1.807) is 0 Å². The predicted octanol–water partition coefficient (Wildman–Crippen LogP) is 2.12. The first-order chi connectivity index (χ1) is 9.85.